The zero-order valence-electron chi connectivity index (χ0n) is 14.4. The van der Waals surface area contributed by atoms with Crippen molar-refractivity contribution < 1.29 is 19.4 Å². The molecule has 0 unspecified atom stereocenters. The van der Waals surface area contributed by atoms with E-state index in [1.807, 2.05) is 36.4 Å². The minimum Gasteiger partial charge on any atom is -0.507 e. The molecular formula is C20H14Br2N2O4. The quantitative estimate of drug-likeness (QED) is 0.409. The molecule has 1 atom stereocenters. The van der Waals surface area contributed by atoms with E-state index in [-0.39, 0.29) is 12.4 Å². The molecule has 0 saturated carbocycles. The number of hydrogen-bond donors (Lipinski definition) is 2. The van der Waals surface area contributed by atoms with Crippen molar-refractivity contribution >= 4 is 54.8 Å². The van der Waals surface area contributed by atoms with E-state index in [9.17, 15) is 9.90 Å². The Morgan fingerprint density at radius 3 is 2.57 bits per heavy atom. The van der Waals surface area contributed by atoms with Gasteiger partial charge in [-0.15, -0.1) is 0 Å². The van der Waals surface area contributed by atoms with Crippen molar-refractivity contribution in [1.82, 2.24) is 5.43 Å². The van der Waals surface area contributed by atoms with Gasteiger partial charge in [0.2, 0.25) is 6.10 Å². The van der Waals surface area contributed by atoms with Crippen LogP contribution in [0.25, 0.3) is 10.8 Å². The van der Waals surface area contributed by atoms with E-state index in [0.29, 0.717) is 26.0 Å². The van der Waals surface area contributed by atoms with Crippen molar-refractivity contribution in [1.29, 1.82) is 0 Å². The predicted octanol–water partition coefficient (Wildman–Crippen LogP) is 4.36. The first-order valence-electron chi connectivity index (χ1n) is 8.34. The second-order valence-electron chi connectivity index (χ2n) is 6.12. The maximum absolute atomic E-state index is 12.4. The molecule has 2 N–H and O–H groups in total. The zero-order valence-corrected chi connectivity index (χ0v) is 17.5. The van der Waals surface area contributed by atoms with Crippen LogP contribution in [0.2, 0.25) is 0 Å². The lowest BCUT2D eigenvalue weighted by atomic mass is 10.1. The maximum Gasteiger partial charge on any atom is 0.284 e. The highest BCUT2D eigenvalue weighted by Crippen LogP contribution is 2.36. The van der Waals surface area contributed by atoms with Crippen LogP contribution in [0.4, 0.5) is 0 Å². The number of rotatable bonds is 3. The van der Waals surface area contributed by atoms with Crippen LogP contribution in [0.1, 0.15) is 5.56 Å². The molecule has 0 aromatic heterocycles. The number of fused-ring (bicyclic) bond motifs is 2. The second kappa shape index (κ2) is 7.81. The summed E-state index contributed by atoms with van der Waals surface area (Å²) in [7, 11) is 0. The van der Waals surface area contributed by atoms with E-state index >= 15 is 0 Å². The van der Waals surface area contributed by atoms with Crippen LogP contribution in [-0.2, 0) is 4.79 Å². The number of nitrogens with one attached hydrogen (secondary N) is 1. The number of phenols is 1. The number of nitrogens with zero attached hydrogens (tertiary/aromatic N) is 1. The fraction of sp³-hybridized carbons (Fsp3) is 0.100. The van der Waals surface area contributed by atoms with Crippen LogP contribution >= 0.6 is 31.9 Å². The normalized spacial score (nSPS) is 15.7. The number of hydrazone groups is 1. The van der Waals surface area contributed by atoms with Gasteiger partial charge in [-0.25, -0.2) is 5.43 Å². The van der Waals surface area contributed by atoms with Gasteiger partial charge in [0.05, 0.1) is 10.7 Å². The topological polar surface area (TPSA) is 80.2 Å². The number of carbonyl (C=O) groups excluding carboxylic acids is 1. The Hall–Kier alpha value is -2.58. The minimum atomic E-state index is -0.812. The Kier molecular flexibility index (Phi) is 5.23. The van der Waals surface area contributed by atoms with Gasteiger partial charge in [-0.2, -0.15) is 5.10 Å². The van der Waals surface area contributed by atoms with E-state index in [1.54, 1.807) is 6.07 Å². The molecule has 1 amide bonds. The molecule has 0 fully saturated rings. The van der Waals surface area contributed by atoms with E-state index in [1.165, 1.54) is 12.3 Å². The molecule has 8 heteroatoms. The number of ether oxygens (including phenoxy) is 2. The van der Waals surface area contributed by atoms with E-state index in [0.717, 1.165) is 10.8 Å². The summed E-state index contributed by atoms with van der Waals surface area (Å²) in [4.78, 5) is 12.4. The molecule has 4 rings (SSSR count). The van der Waals surface area contributed by atoms with Crippen LogP contribution in [0, 0.1) is 0 Å². The third kappa shape index (κ3) is 3.83. The summed E-state index contributed by atoms with van der Waals surface area (Å²) in [6.07, 6.45) is 0.617. The van der Waals surface area contributed by atoms with Gasteiger partial charge < -0.3 is 14.6 Å². The highest BCUT2D eigenvalue weighted by molar-refractivity contribution is 9.11. The highest BCUT2D eigenvalue weighted by atomic mass is 79.9. The van der Waals surface area contributed by atoms with Crippen LogP contribution in [0.5, 0.6) is 17.2 Å². The summed E-state index contributed by atoms with van der Waals surface area (Å²) in [6.45, 7) is 0.0927. The minimum absolute atomic E-state index is 0.0730. The third-order valence-corrected chi connectivity index (χ3v) is 5.53. The summed E-state index contributed by atoms with van der Waals surface area (Å²) in [5.41, 5.74) is 3.05. The Balaban J connectivity index is 1.45. The first-order chi connectivity index (χ1) is 13.5. The average molecular weight is 506 g/mol. The SMILES string of the molecule is O=C(N/N=C/c1cc(O)c(Br)cc1Br)[C@H]1COc2cc3ccccc3cc2O1. The molecule has 1 aliphatic rings. The number of halogens is 2. The number of benzene rings is 3. The van der Waals surface area contributed by atoms with Crippen molar-refractivity contribution in [3.8, 4) is 17.2 Å². The average Bonchev–Trinajstić information content (AvgIpc) is 2.69. The number of hydrogen-bond acceptors (Lipinski definition) is 5. The number of carbonyl (C=O) groups is 1. The molecule has 0 spiro atoms. The van der Waals surface area contributed by atoms with Crippen LogP contribution in [0.15, 0.2) is 62.6 Å². The van der Waals surface area contributed by atoms with Crippen LogP contribution in [-0.4, -0.2) is 29.9 Å². The van der Waals surface area contributed by atoms with Crippen molar-refractivity contribution in [2.75, 3.05) is 6.61 Å². The van der Waals surface area contributed by atoms with Crippen molar-refractivity contribution in [3.63, 3.8) is 0 Å². The summed E-state index contributed by atoms with van der Waals surface area (Å²) >= 11 is 6.60. The van der Waals surface area contributed by atoms with Gasteiger partial charge in [0.15, 0.2) is 11.5 Å². The highest BCUT2D eigenvalue weighted by Gasteiger charge is 2.27. The van der Waals surface area contributed by atoms with Gasteiger partial charge in [-0.1, -0.05) is 40.2 Å². The van der Waals surface area contributed by atoms with Gasteiger partial charge >= 0.3 is 0 Å². The first-order valence-corrected chi connectivity index (χ1v) is 9.93. The van der Waals surface area contributed by atoms with Crippen molar-refractivity contribution in [3.05, 3.63) is 63.0 Å². The predicted molar refractivity (Wildman–Crippen MR) is 113 cm³/mol. The van der Waals surface area contributed by atoms with Gasteiger partial charge in [0.25, 0.3) is 5.91 Å². The molecule has 0 aliphatic carbocycles. The van der Waals surface area contributed by atoms with E-state index in [2.05, 4.69) is 42.4 Å². The molecule has 1 aliphatic heterocycles. The van der Waals surface area contributed by atoms with E-state index < -0.39 is 12.0 Å². The molecule has 0 radical (unpaired) electrons. The lowest BCUT2D eigenvalue weighted by Gasteiger charge is -2.25. The monoisotopic (exact) mass is 504 g/mol. The molecule has 3 aromatic rings. The fourth-order valence-electron chi connectivity index (χ4n) is 2.78. The lowest BCUT2D eigenvalue weighted by Crippen LogP contribution is -2.42. The summed E-state index contributed by atoms with van der Waals surface area (Å²) in [6, 6.07) is 14.8. The van der Waals surface area contributed by atoms with Gasteiger partial charge in [-0.05, 0) is 51.0 Å². The number of amides is 1. The zero-order chi connectivity index (χ0) is 19.7. The Morgan fingerprint density at radius 1 is 1.11 bits per heavy atom. The van der Waals surface area contributed by atoms with Crippen molar-refractivity contribution in [2.45, 2.75) is 6.10 Å². The molecule has 0 bridgehead atoms. The fourth-order valence-corrected chi connectivity index (χ4v) is 3.87. The first kappa shape index (κ1) is 18.8. The Bertz CT molecular complexity index is 1100. The summed E-state index contributed by atoms with van der Waals surface area (Å²) in [5, 5.41) is 15.7. The number of aromatic hydroxyl groups is 1. The largest absolute Gasteiger partial charge is 0.507 e. The summed E-state index contributed by atoms with van der Waals surface area (Å²) in [5.74, 6) is 0.784. The van der Waals surface area contributed by atoms with Crippen LogP contribution in [0.3, 0.4) is 0 Å². The van der Waals surface area contributed by atoms with Gasteiger partial charge in [0, 0.05) is 10.0 Å². The molecule has 1 heterocycles. The Labute approximate surface area is 177 Å². The second-order valence-corrected chi connectivity index (χ2v) is 7.83. The Morgan fingerprint density at radius 2 is 1.82 bits per heavy atom. The molecule has 0 saturated heterocycles. The van der Waals surface area contributed by atoms with Crippen LogP contribution < -0.4 is 14.9 Å². The van der Waals surface area contributed by atoms with Gasteiger partial charge in [0.1, 0.15) is 12.4 Å². The molecule has 28 heavy (non-hydrogen) atoms. The van der Waals surface area contributed by atoms with E-state index in [4.69, 9.17) is 9.47 Å². The molecule has 6 nitrogen and oxygen atoms in total. The lowest BCUT2D eigenvalue weighted by molar-refractivity contribution is -0.130. The standard InChI is InChI=1S/C20H14Br2N2O4/c21-14-8-15(22)16(25)5-13(14)9-23-24-20(26)19-10-27-17-6-11-3-1-2-4-12(11)7-18(17)28-19/h1-9,19,25H,10H2,(H,24,26)/b23-9+/t19-/m1/s1. The summed E-state index contributed by atoms with van der Waals surface area (Å²) < 4.78 is 12.8. The number of phenolic OH excluding ortho intramolecular Hbond substituents is 1. The third-order valence-electron chi connectivity index (χ3n) is 4.21. The van der Waals surface area contributed by atoms with Gasteiger partial charge in [-0.3, -0.25) is 4.79 Å². The van der Waals surface area contributed by atoms with Crippen molar-refractivity contribution in [2.24, 2.45) is 5.10 Å². The smallest absolute Gasteiger partial charge is 0.284 e. The molecule has 142 valence electrons. The maximum atomic E-state index is 12.4. The molecular weight excluding hydrogens is 492 g/mol. The molecule has 3 aromatic carbocycles.